The molecule has 1 amide bonds. The zero-order valence-corrected chi connectivity index (χ0v) is 29.7. The molecule has 3 aromatic rings. The number of anilines is 2. The Bertz CT molecular complexity index is 1710. The second kappa shape index (κ2) is 12.6. The summed E-state index contributed by atoms with van der Waals surface area (Å²) >= 11 is 0. The summed E-state index contributed by atoms with van der Waals surface area (Å²) in [7, 11) is 0. The number of aryl methyl sites for hydroxylation is 1. The molecule has 4 saturated heterocycles. The maximum Gasteiger partial charge on any atom is 0.410 e. The van der Waals surface area contributed by atoms with Gasteiger partial charge in [0.15, 0.2) is 0 Å². The fraction of sp³-hybridized carbons (Fsp3) is 0.615. The Hall–Kier alpha value is -3.63. The summed E-state index contributed by atoms with van der Waals surface area (Å²) in [4.78, 5) is 33.0. The summed E-state index contributed by atoms with van der Waals surface area (Å²) in [5, 5.41) is 12.7. The molecule has 6 heterocycles. The van der Waals surface area contributed by atoms with E-state index in [-0.39, 0.29) is 36.4 Å². The van der Waals surface area contributed by atoms with Gasteiger partial charge in [0.1, 0.15) is 18.0 Å². The fourth-order valence-electron chi connectivity index (χ4n) is 9.57. The van der Waals surface area contributed by atoms with Crippen molar-refractivity contribution in [1.82, 2.24) is 19.8 Å². The van der Waals surface area contributed by atoms with E-state index < -0.39 is 5.60 Å². The molecule has 0 unspecified atom stereocenters. The number of aliphatic hydroxyl groups excluding tert-OH is 1. The van der Waals surface area contributed by atoms with Crippen LogP contribution in [0.5, 0.6) is 6.01 Å². The van der Waals surface area contributed by atoms with E-state index in [0.717, 1.165) is 89.1 Å². The number of ether oxygens (including phenoxy) is 2. The lowest BCUT2D eigenvalue weighted by Gasteiger charge is -2.43. The van der Waals surface area contributed by atoms with Crippen molar-refractivity contribution < 1.29 is 19.4 Å². The number of fused-ring (bicyclic) bond motifs is 5. The summed E-state index contributed by atoms with van der Waals surface area (Å²) in [6, 6.07) is 14.1. The van der Waals surface area contributed by atoms with Crippen LogP contribution in [0.1, 0.15) is 83.0 Å². The molecule has 1 aromatic heterocycles. The van der Waals surface area contributed by atoms with Gasteiger partial charge in [-0.05, 0) is 95.7 Å². The number of aromatic nitrogens is 2. The minimum Gasteiger partial charge on any atom is -0.461 e. The summed E-state index contributed by atoms with van der Waals surface area (Å²) in [5.74, 6) is 0.966. The van der Waals surface area contributed by atoms with Crippen LogP contribution in [0.3, 0.4) is 0 Å². The van der Waals surface area contributed by atoms with Gasteiger partial charge in [-0.2, -0.15) is 9.97 Å². The van der Waals surface area contributed by atoms with Crippen LogP contribution in [-0.2, 0) is 24.1 Å². The smallest absolute Gasteiger partial charge is 0.410 e. The second-order valence-corrected chi connectivity index (χ2v) is 15.9. The van der Waals surface area contributed by atoms with Crippen molar-refractivity contribution in [3.8, 4) is 6.01 Å². The number of piperazine rings is 1. The summed E-state index contributed by atoms with van der Waals surface area (Å²) in [6.45, 7) is 12.8. The molecule has 5 aliphatic heterocycles. The number of amides is 1. The van der Waals surface area contributed by atoms with Crippen LogP contribution < -0.4 is 14.5 Å². The third-order valence-corrected chi connectivity index (χ3v) is 11.8. The van der Waals surface area contributed by atoms with Crippen LogP contribution in [-0.4, -0.2) is 99.6 Å². The molecule has 8 rings (SSSR count). The van der Waals surface area contributed by atoms with Gasteiger partial charge in [0.2, 0.25) is 0 Å². The molecule has 0 spiro atoms. The topological polar surface area (TPSA) is 94.5 Å². The molecule has 262 valence electrons. The standard InChI is InChI=1S/C39H52N6O4/c1-5-26-9-6-10-27-11-7-12-33(34(26)27)42-20-16-31-32(23-42)40-36(48-25-39-17-8-19-44(39)30(24-46)15-18-39)41-35(31)43-21-28-13-14-29(22-43)45(28)37(47)49-38(2,3)4/h6-7,9-12,28-30,46H,5,8,13-25H2,1-4H3/t28-,29+,30-,39-/m1/s1. The monoisotopic (exact) mass is 668 g/mol. The van der Waals surface area contributed by atoms with Gasteiger partial charge in [-0.25, -0.2) is 4.79 Å². The van der Waals surface area contributed by atoms with Gasteiger partial charge in [0, 0.05) is 42.3 Å². The van der Waals surface area contributed by atoms with E-state index in [1.165, 1.54) is 27.6 Å². The van der Waals surface area contributed by atoms with Gasteiger partial charge in [0.25, 0.3) is 0 Å². The molecule has 49 heavy (non-hydrogen) atoms. The second-order valence-electron chi connectivity index (χ2n) is 15.9. The van der Waals surface area contributed by atoms with Gasteiger partial charge in [-0.3, -0.25) is 9.80 Å². The number of hydrogen-bond donors (Lipinski definition) is 1. The van der Waals surface area contributed by atoms with Crippen molar-refractivity contribution in [2.75, 3.05) is 49.2 Å². The Kier molecular flexibility index (Phi) is 8.38. The van der Waals surface area contributed by atoms with Gasteiger partial charge < -0.3 is 24.4 Å². The maximum atomic E-state index is 13.3. The van der Waals surface area contributed by atoms with Crippen molar-refractivity contribution in [2.45, 2.75) is 115 Å². The Morgan fingerprint density at radius 2 is 1.78 bits per heavy atom. The van der Waals surface area contributed by atoms with Crippen LogP contribution >= 0.6 is 0 Å². The molecule has 4 atom stereocenters. The van der Waals surface area contributed by atoms with Gasteiger partial charge in [0.05, 0.1) is 36.5 Å². The highest BCUT2D eigenvalue weighted by atomic mass is 16.6. The normalized spacial score (nSPS) is 26.7. The summed E-state index contributed by atoms with van der Waals surface area (Å²) in [6.07, 6.45) is 7.78. The minimum atomic E-state index is -0.523. The van der Waals surface area contributed by atoms with Gasteiger partial charge >= 0.3 is 12.1 Å². The average molecular weight is 669 g/mol. The third kappa shape index (κ3) is 5.88. The highest BCUT2D eigenvalue weighted by Crippen LogP contribution is 2.43. The van der Waals surface area contributed by atoms with E-state index in [1.54, 1.807) is 0 Å². The first-order valence-corrected chi connectivity index (χ1v) is 18.6. The summed E-state index contributed by atoms with van der Waals surface area (Å²) < 4.78 is 12.5. The predicted molar refractivity (Wildman–Crippen MR) is 191 cm³/mol. The first kappa shape index (κ1) is 32.6. The minimum absolute atomic E-state index is 0.0590. The van der Waals surface area contributed by atoms with E-state index >= 15 is 0 Å². The maximum absolute atomic E-state index is 13.3. The molecule has 2 bridgehead atoms. The van der Waals surface area contributed by atoms with Crippen LogP contribution in [0.15, 0.2) is 36.4 Å². The molecular weight excluding hydrogens is 616 g/mol. The molecule has 4 fully saturated rings. The Labute approximate surface area is 290 Å². The molecule has 0 radical (unpaired) electrons. The fourth-order valence-corrected chi connectivity index (χ4v) is 9.57. The molecule has 0 aliphatic carbocycles. The number of rotatable bonds is 7. The zero-order valence-electron chi connectivity index (χ0n) is 29.7. The number of carbonyl (C=O) groups is 1. The highest BCUT2D eigenvalue weighted by Gasteiger charge is 2.50. The van der Waals surface area contributed by atoms with E-state index in [9.17, 15) is 9.90 Å². The lowest BCUT2D eigenvalue weighted by molar-refractivity contribution is 0.0122. The van der Waals surface area contributed by atoms with Gasteiger partial charge in [-0.15, -0.1) is 0 Å². The molecule has 2 aromatic carbocycles. The number of benzene rings is 2. The lowest BCUT2D eigenvalue weighted by Crippen LogP contribution is -2.57. The van der Waals surface area contributed by atoms with E-state index in [4.69, 9.17) is 19.4 Å². The van der Waals surface area contributed by atoms with Crippen molar-refractivity contribution >= 4 is 28.4 Å². The molecular formula is C39H52N6O4. The number of hydrogen-bond acceptors (Lipinski definition) is 9. The van der Waals surface area contributed by atoms with E-state index in [0.29, 0.717) is 19.2 Å². The summed E-state index contributed by atoms with van der Waals surface area (Å²) in [5.41, 5.74) is 4.27. The SMILES string of the molecule is CCc1cccc2cccc(N3CCc4c(nc(OC[C@]56CCCN5[C@@H](CO)CC6)nc4N4C[C@H]5CC[C@@H](C4)N5C(=O)OC(C)(C)C)C3)c12. The first-order chi connectivity index (χ1) is 23.7. The molecule has 10 nitrogen and oxygen atoms in total. The van der Waals surface area contributed by atoms with Crippen LogP contribution in [0.4, 0.5) is 16.3 Å². The quantitative estimate of drug-likeness (QED) is 0.340. The molecule has 0 saturated carbocycles. The Balaban J connectivity index is 1.12. The molecule has 10 heteroatoms. The first-order valence-electron chi connectivity index (χ1n) is 18.6. The number of carbonyl (C=O) groups excluding carboxylic acids is 1. The van der Waals surface area contributed by atoms with Crippen molar-refractivity contribution in [1.29, 1.82) is 0 Å². The van der Waals surface area contributed by atoms with Crippen molar-refractivity contribution in [3.05, 3.63) is 53.2 Å². The highest BCUT2D eigenvalue weighted by molar-refractivity contribution is 5.97. The van der Waals surface area contributed by atoms with Crippen LogP contribution in [0, 0.1) is 0 Å². The van der Waals surface area contributed by atoms with Crippen LogP contribution in [0.2, 0.25) is 0 Å². The van der Waals surface area contributed by atoms with E-state index in [2.05, 4.69) is 58.0 Å². The lowest BCUT2D eigenvalue weighted by atomic mass is 9.95. The number of aliphatic hydroxyl groups is 1. The largest absolute Gasteiger partial charge is 0.461 e. The molecule has 1 N–H and O–H groups in total. The molecule has 5 aliphatic rings. The number of nitrogens with zero attached hydrogens (tertiary/aromatic N) is 6. The van der Waals surface area contributed by atoms with Crippen molar-refractivity contribution in [2.24, 2.45) is 0 Å². The third-order valence-electron chi connectivity index (χ3n) is 11.8. The Morgan fingerprint density at radius 3 is 2.51 bits per heavy atom. The van der Waals surface area contributed by atoms with Crippen molar-refractivity contribution in [3.63, 3.8) is 0 Å². The van der Waals surface area contributed by atoms with Crippen LogP contribution in [0.25, 0.3) is 10.8 Å². The predicted octanol–water partition coefficient (Wildman–Crippen LogP) is 5.71. The zero-order chi connectivity index (χ0) is 33.9. The average Bonchev–Trinajstić information content (AvgIpc) is 3.74. The Morgan fingerprint density at radius 1 is 1.00 bits per heavy atom. The van der Waals surface area contributed by atoms with Gasteiger partial charge in [-0.1, -0.05) is 37.3 Å². The van der Waals surface area contributed by atoms with E-state index in [1.807, 2.05) is 25.7 Å².